The number of carbonyl (C=O) groups excluding carboxylic acids is 2. The van der Waals surface area contributed by atoms with Gasteiger partial charge in [-0.2, -0.15) is 0 Å². The molecule has 6 nitrogen and oxygen atoms in total. The van der Waals surface area contributed by atoms with Crippen molar-refractivity contribution in [1.29, 1.82) is 0 Å². The normalized spacial score (nSPS) is 15.0. The SMILES string of the molecule is C[C@@H](NC(=O)COc1ccc(N2CCCC2=O)cc1)c1cc2ccccc2o1. The van der Waals surface area contributed by atoms with Crippen molar-refractivity contribution in [2.45, 2.75) is 25.8 Å². The molecule has 3 aromatic rings. The highest BCUT2D eigenvalue weighted by Crippen LogP contribution is 2.25. The van der Waals surface area contributed by atoms with E-state index in [4.69, 9.17) is 9.15 Å². The first-order valence-corrected chi connectivity index (χ1v) is 9.41. The molecule has 2 heterocycles. The van der Waals surface area contributed by atoms with Crippen molar-refractivity contribution in [3.05, 3.63) is 60.4 Å². The Bertz CT molecular complexity index is 960. The number of ether oxygens (including phenoxy) is 1. The van der Waals surface area contributed by atoms with Crippen LogP contribution in [0.5, 0.6) is 5.75 Å². The Labute approximate surface area is 163 Å². The summed E-state index contributed by atoms with van der Waals surface area (Å²) in [6, 6.07) is 16.6. The molecule has 0 spiro atoms. The molecular formula is C22H22N2O4. The van der Waals surface area contributed by atoms with Crippen molar-refractivity contribution < 1.29 is 18.7 Å². The van der Waals surface area contributed by atoms with Gasteiger partial charge in [0.2, 0.25) is 5.91 Å². The van der Waals surface area contributed by atoms with Crippen molar-refractivity contribution in [2.24, 2.45) is 0 Å². The van der Waals surface area contributed by atoms with E-state index in [1.165, 1.54) is 0 Å². The minimum absolute atomic E-state index is 0.0907. The van der Waals surface area contributed by atoms with E-state index in [0.717, 1.165) is 29.6 Å². The molecule has 1 aliphatic heterocycles. The van der Waals surface area contributed by atoms with E-state index < -0.39 is 0 Å². The van der Waals surface area contributed by atoms with Gasteiger partial charge in [-0.25, -0.2) is 0 Å². The number of benzene rings is 2. The maximum Gasteiger partial charge on any atom is 0.258 e. The van der Waals surface area contributed by atoms with Crippen LogP contribution in [0.2, 0.25) is 0 Å². The Morgan fingerprint density at radius 1 is 1.21 bits per heavy atom. The van der Waals surface area contributed by atoms with Gasteiger partial charge >= 0.3 is 0 Å². The molecule has 0 aliphatic carbocycles. The third-order valence-electron chi connectivity index (χ3n) is 4.84. The van der Waals surface area contributed by atoms with Crippen molar-refractivity contribution in [2.75, 3.05) is 18.1 Å². The summed E-state index contributed by atoms with van der Waals surface area (Å²) < 4.78 is 11.3. The number of nitrogens with one attached hydrogen (secondary N) is 1. The number of fused-ring (bicyclic) bond motifs is 1. The summed E-state index contributed by atoms with van der Waals surface area (Å²) in [5.41, 5.74) is 1.66. The smallest absolute Gasteiger partial charge is 0.258 e. The van der Waals surface area contributed by atoms with Gasteiger partial charge < -0.3 is 19.4 Å². The molecule has 0 bridgehead atoms. The molecule has 6 heteroatoms. The van der Waals surface area contributed by atoms with Gasteiger partial charge in [0.15, 0.2) is 6.61 Å². The topological polar surface area (TPSA) is 71.8 Å². The Kier molecular flexibility index (Phi) is 5.02. The summed E-state index contributed by atoms with van der Waals surface area (Å²) in [6.45, 7) is 2.53. The van der Waals surface area contributed by atoms with Crippen molar-refractivity contribution in [1.82, 2.24) is 5.32 Å². The molecule has 0 saturated carbocycles. The predicted octanol–water partition coefficient (Wildman–Crippen LogP) is 3.82. The highest BCUT2D eigenvalue weighted by molar-refractivity contribution is 5.95. The lowest BCUT2D eigenvalue weighted by Gasteiger charge is -2.16. The highest BCUT2D eigenvalue weighted by atomic mass is 16.5. The second-order valence-electron chi connectivity index (χ2n) is 6.91. The van der Waals surface area contributed by atoms with E-state index in [2.05, 4.69) is 5.32 Å². The van der Waals surface area contributed by atoms with Crippen LogP contribution in [0.3, 0.4) is 0 Å². The molecular weight excluding hydrogens is 356 g/mol. The van der Waals surface area contributed by atoms with Crippen LogP contribution < -0.4 is 15.0 Å². The molecule has 2 aromatic carbocycles. The lowest BCUT2D eigenvalue weighted by molar-refractivity contribution is -0.123. The van der Waals surface area contributed by atoms with Crippen molar-refractivity contribution >= 4 is 28.5 Å². The molecule has 1 atom stereocenters. The molecule has 0 radical (unpaired) electrons. The average molecular weight is 378 g/mol. The van der Waals surface area contributed by atoms with E-state index in [-0.39, 0.29) is 24.5 Å². The zero-order chi connectivity index (χ0) is 19.5. The summed E-state index contributed by atoms with van der Waals surface area (Å²) >= 11 is 0. The van der Waals surface area contributed by atoms with Crippen LogP contribution in [0, 0.1) is 0 Å². The molecule has 1 saturated heterocycles. The van der Waals surface area contributed by atoms with E-state index in [0.29, 0.717) is 17.9 Å². The zero-order valence-electron chi connectivity index (χ0n) is 15.7. The number of para-hydroxylation sites is 1. The van der Waals surface area contributed by atoms with Gasteiger partial charge in [-0.05, 0) is 49.7 Å². The van der Waals surface area contributed by atoms with Gasteiger partial charge in [-0.1, -0.05) is 18.2 Å². The number of furan rings is 1. The first-order chi connectivity index (χ1) is 13.6. The van der Waals surface area contributed by atoms with E-state index in [9.17, 15) is 9.59 Å². The molecule has 1 aromatic heterocycles. The fourth-order valence-electron chi connectivity index (χ4n) is 3.36. The first-order valence-electron chi connectivity index (χ1n) is 9.41. The fraction of sp³-hybridized carbons (Fsp3) is 0.273. The van der Waals surface area contributed by atoms with Crippen molar-refractivity contribution in [3.8, 4) is 5.75 Å². The second-order valence-corrected chi connectivity index (χ2v) is 6.91. The Morgan fingerprint density at radius 3 is 2.71 bits per heavy atom. The lowest BCUT2D eigenvalue weighted by atomic mass is 10.2. The van der Waals surface area contributed by atoms with Crippen LogP contribution in [0.4, 0.5) is 5.69 Å². The monoisotopic (exact) mass is 378 g/mol. The minimum atomic E-state index is -0.257. The zero-order valence-corrected chi connectivity index (χ0v) is 15.7. The van der Waals surface area contributed by atoms with Crippen LogP contribution >= 0.6 is 0 Å². The molecule has 144 valence electrons. The van der Waals surface area contributed by atoms with E-state index in [1.807, 2.05) is 49.4 Å². The van der Waals surface area contributed by atoms with Crippen LogP contribution in [-0.2, 0) is 9.59 Å². The number of amides is 2. The van der Waals surface area contributed by atoms with Crippen LogP contribution in [0.15, 0.2) is 59.0 Å². The summed E-state index contributed by atoms with van der Waals surface area (Å²) in [4.78, 5) is 25.8. The van der Waals surface area contributed by atoms with E-state index in [1.54, 1.807) is 17.0 Å². The summed E-state index contributed by atoms with van der Waals surface area (Å²) in [5.74, 6) is 1.20. The largest absolute Gasteiger partial charge is 0.484 e. The van der Waals surface area contributed by atoms with Gasteiger partial charge in [-0.3, -0.25) is 9.59 Å². The number of hydrogen-bond acceptors (Lipinski definition) is 4. The van der Waals surface area contributed by atoms with Crippen molar-refractivity contribution in [3.63, 3.8) is 0 Å². The summed E-state index contributed by atoms with van der Waals surface area (Å²) in [5, 5.41) is 3.88. The highest BCUT2D eigenvalue weighted by Gasteiger charge is 2.21. The van der Waals surface area contributed by atoms with E-state index >= 15 is 0 Å². The predicted molar refractivity (Wildman–Crippen MR) is 106 cm³/mol. The Hall–Kier alpha value is -3.28. The fourth-order valence-corrected chi connectivity index (χ4v) is 3.36. The summed E-state index contributed by atoms with van der Waals surface area (Å²) in [6.07, 6.45) is 1.49. The molecule has 1 fully saturated rings. The number of nitrogens with zero attached hydrogens (tertiary/aromatic N) is 1. The molecule has 1 aliphatic rings. The first kappa shape index (κ1) is 18.1. The van der Waals surface area contributed by atoms with Gasteiger partial charge in [0, 0.05) is 24.0 Å². The average Bonchev–Trinajstić information content (AvgIpc) is 3.33. The maximum absolute atomic E-state index is 12.2. The van der Waals surface area contributed by atoms with Crippen LogP contribution in [0.1, 0.15) is 31.6 Å². The number of carbonyl (C=O) groups is 2. The number of hydrogen-bond donors (Lipinski definition) is 1. The quantitative estimate of drug-likeness (QED) is 0.708. The van der Waals surface area contributed by atoms with Gasteiger partial charge in [-0.15, -0.1) is 0 Å². The van der Waals surface area contributed by atoms with Crippen LogP contribution in [0.25, 0.3) is 11.0 Å². The van der Waals surface area contributed by atoms with Gasteiger partial charge in [0.25, 0.3) is 5.91 Å². The molecule has 28 heavy (non-hydrogen) atoms. The standard InChI is InChI=1S/C22H22N2O4/c1-15(20-13-16-5-2-3-6-19(16)28-20)23-21(25)14-27-18-10-8-17(9-11-18)24-12-4-7-22(24)26/h2-3,5-6,8-11,13,15H,4,7,12,14H2,1H3,(H,23,25)/t15-/m1/s1. The molecule has 2 amide bonds. The Balaban J connectivity index is 1.30. The molecule has 4 rings (SSSR count). The minimum Gasteiger partial charge on any atom is -0.484 e. The lowest BCUT2D eigenvalue weighted by Crippen LogP contribution is -2.31. The summed E-state index contributed by atoms with van der Waals surface area (Å²) in [7, 11) is 0. The van der Waals surface area contributed by atoms with Gasteiger partial charge in [0.1, 0.15) is 17.1 Å². The number of rotatable bonds is 6. The Morgan fingerprint density at radius 2 is 2.00 bits per heavy atom. The van der Waals surface area contributed by atoms with Gasteiger partial charge in [0.05, 0.1) is 6.04 Å². The third-order valence-corrected chi connectivity index (χ3v) is 4.84. The maximum atomic E-state index is 12.2. The number of anilines is 1. The molecule has 0 unspecified atom stereocenters. The molecule has 1 N–H and O–H groups in total. The second kappa shape index (κ2) is 7.76. The van der Waals surface area contributed by atoms with Crippen LogP contribution in [-0.4, -0.2) is 25.0 Å². The third kappa shape index (κ3) is 3.86.